The minimum Gasteiger partial charge on any atom is -0.358 e. The number of benzene rings is 2. The Kier molecular flexibility index (Phi) is 21.7. The van der Waals surface area contributed by atoms with E-state index in [1.807, 2.05) is 51.2 Å². The Morgan fingerprint density at radius 3 is 1.27 bits per heavy atom. The summed E-state index contributed by atoms with van der Waals surface area (Å²) < 4.78 is 2.12. The van der Waals surface area contributed by atoms with Gasteiger partial charge in [-0.1, -0.05) is 149 Å². The van der Waals surface area contributed by atoms with Crippen molar-refractivity contribution in [3.8, 4) is 11.1 Å². The third kappa shape index (κ3) is 12.1. The highest BCUT2D eigenvalue weighted by molar-refractivity contribution is 8.23. The van der Waals surface area contributed by atoms with E-state index in [2.05, 4.69) is 87.7 Å². The monoisotopic (exact) mass is 688 g/mol. The molecule has 0 heterocycles. The van der Waals surface area contributed by atoms with E-state index in [1.54, 1.807) is 11.1 Å². The van der Waals surface area contributed by atoms with Crippen LogP contribution in [0.3, 0.4) is 0 Å². The van der Waals surface area contributed by atoms with Gasteiger partial charge in [-0.3, -0.25) is 0 Å². The summed E-state index contributed by atoms with van der Waals surface area (Å²) >= 11 is 15.1. The molecule has 0 saturated carbocycles. The molecule has 0 aromatic heterocycles. The van der Waals surface area contributed by atoms with E-state index in [9.17, 15) is 0 Å². The molecule has 2 aromatic carbocycles. The number of unbranched alkanes of at least 4 members (excludes halogenated alkanes) is 4. The first-order valence-electron chi connectivity index (χ1n) is 17.9. The zero-order valence-electron chi connectivity index (χ0n) is 30.4. The maximum absolute atomic E-state index is 5.66. The molecule has 0 radical (unpaired) electrons. The normalized spacial score (nSPS) is 12.2. The first-order chi connectivity index (χ1) is 21.8. The Hall–Kier alpha value is -1.08. The number of hydrogen-bond acceptors (Lipinski definition) is 4. The van der Waals surface area contributed by atoms with Gasteiger partial charge in [-0.15, -0.1) is 0 Å². The van der Waals surface area contributed by atoms with Crippen LogP contribution < -0.4 is 0 Å². The lowest BCUT2D eigenvalue weighted by Crippen LogP contribution is -2.27. The van der Waals surface area contributed by atoms with E-state index in [-0.39, 0.29) is 5.41 Å². The second-order valence-corrected chi connectivity index (χ2v) is 14.8. The number of hydrogen-bond donors (Lipinski definition) is 0. The topological polar surface area (TPSA) is 6.48 Å². The van der Waals surface area contributed by atoms with Crippen LogP contribution in [0.5, 0.6) is 0 Å². The minimum absolute atomic E-state index is 0.121. The summed E-state index contributed by atoms with van der Waals surface area (Å²) in [5.41, 5.74) is 8.95. The fraction of sp³-hybridized carbons (Fsp3) is 0.641. The number of rotatable bonds is 16. The first-order valence-corrected chi connectivity index (χ1v) is 20.7. The fourth-order valence-electron chi connectivity index (χ4n) is 6.26. The lowest BCUT2D eigenvalue weighted by molar-refractivity contribution is 0.405. The second kappa shape index (κ2) is 23.3. The summed E-state index contributed by atoms with van der Waals surface area (Å²) in [5.74, 6) is 2.25. The first kappa shape index (κ1) is 41.9. The number of fused-ring (bicyclic) bond motifs is 3. The molecular formula is C39H64N2S4. The number of thiocarbonyl (C=S) groups is 2. The maximum atomic E-state index is 5.66. The molecule has 254 valence electrons. The number of thioether (sulfide) groups is 2. The lowest BCUT2D eigenvalue weighted by Gasteiger charge is -2.33. The molecule has 2 aromatic rings. The molecule has 0 bridgehead atoms. The average molecular weight is 689 g/mol. The van der Waals surface area contributed by atoms with Crippen LogP contribution in [0.2, 0.25) is 0 Å². The molecule has 1 aliphatic carbocycles. The van der Waals surface area contributed by atoms with E-state index in [0.717, 1.165) is 46.3 Å². The smallest absolute Gasteiger partial charge is 0.136 e. The predicted molar refractivity (Wildman–Crippen MR) is 218 cm³/mol. The molecular weight excluding hydrogens is 625 g/mol. The van der Waals surface area contributed by atoms with Crippen LogP contribution in [0.15, 0.2) is 36.4 Å². The molecule has 0 fully saturated rings. The van der Waals surface area contributed by atoms with Crippen LogP contribution in [0.25, 0.3) is 11.1 Å². The van der Waals surface area contributed by atoms with E-state index >= 15 is 0 Å². The highest BCUT2D eigenvalue weighted by Gasteiger charge is 2.42. The molecule has 0 saturated heterocycles. The second-order valence-electron chi connectivity index (χ2n) is 11.4. The van der Waals surface area contributed by atoms with Gasteiger partial charge in [0.05, 0.1) is 0 Å². The van der Waals surface area contributed by atoms with Gasteiger partial charge in [-0.25, -0.2) is 0 Å². The zero-order valence-corrected chi connectivity index (χ0v) is 33.7. The van der Waals surface area contributed by atoms with Crippen molar-refractivity contribution < 1.29 is 0 Å². The summed E-state index contributed by atoms with van der Waals surface area (Å²) in [6.07, 6.45) is 9.95. The third-order valence-corrected chi connectivity index (χ3v) is 11.9. The Morgan fingerprint density at radius 1 is 0.578 bits per heavy atom. The summed E-state index contributed by atoms with van der Waals surface area (Å²) in [7, 11) is 0. The van der Waals surface area contributed by atoms with E-state index in [1.165, 1.54) is 73.6 Å². The third-order valence-electron chi connectivity index (χ3n) is 8.66. The molecule has 6 heteroatoms. The fourth-order valence-corrected chi connectivity index (χ4v) is 9.21. The number of aryl methyl sites for hydroxylation is 2. The molecule has 0 unspecified atom stereocenters. The van der Waals surface area contributed by atoms with Crippen molar-refractivity contribution in [1.29, 1.82) is 0 Å². The van der Waals surface area contributed by atoms with Gasteiger partial charge in [0.2, 0.25) is 0 Å². The van der Waals surface area contributed by atoms with Gasteiger partial charge in [0.15, 0.2) is 0 Å². The van der Waals surface area contributed by atoms with E-state index < -0.39 is 0 Å². The van der Waals surface area contributed by atoms with Crippen LogP contribution in [0.1, 0.15) is 129 Å². The van der Waals surface area contributed by atoms with Crippen molar-refractivity contribution in [2.24, 2.45) is 0 Å². The van der Waals surface area contributed by atoms with E-state index in [0.29, 0.717) is 0 Å². The Morgan fingerprint density at radius 2 is 0.933 bits per heavy atom. The quantitative estimate of drug-likeness (QED) is 0.127. The van der Waals surface area contributed by atoms with Gasteiger partial charge in [-0.2, -0.15) is 0 Å². The molecule has 0 aliphatic heterocycles. The van der Waals surface area contributed by atoms with Crippen molar-refractivity contribution in [2.45, 2.75) is 126 Å². The molecule has 0 spiro atoms. The molecule has 0 amide bonds. The molecule has 1 aliphatic rings. The Balaban J connectivity index is 0.00000243. The van der Waals surface area contributed by atoms with Crippen molar-refractivity contribution in [1.82, 2.24) is 9.80 Å². The van der Waals surface area contributed by atoms with Gasteiger partial charge >= 0.3 is 0 Å². The Bertz CT molecular complexity index is 1050. The highest BCUT2D eigenvalue weighted by Crippen LogP contribution is 2.54. The summed E-state index contributed by atoms with van der Waals surface area (Å²) in [5, 5.41) is 0. The van der Waals surface area contributed by atoms with E-state index in [4.69, 9.17) is 24.4 Å². The van der Waals surface area contributed by atoms with Gasteiger partial charge < -0.3 is 9.80 Å². The van der Waals surface area contributed by atoms with Crippen molar-refractivity contribution in [2.75, 3.05) is 37.7 Å². The average Bonchev–Trinajstić information content (AvgIpc) is 3.31. The summed E-state index contributed by atoms with van der Waals surface area (Å²) in [6.45, 7) is 25.3. The van der Waals surface area contributed by atoms with Gasteiger partial charge in [0.25, 0.3) is 0 Å². The minimum atomic E-state index is 0.121. The standard InChI is InChI=1S/C35H52N2S4.2C2H6/c1-7-36(8-2)33(38)40-23-15-11-13-21-35(22-14-12-16-24-41-34(39)37(9-3)10-4)31-25-27(5)17-19-29(31)30-20-18-28(6)26-32(30)35;2*1-2/h17-20,25-26H,7-16,21-24H2,1-6H3;2*1-2H3. The van der Waals surface area contributed by atoms with Crippen molar-refractivity contribution in [3.63, 3.8) is 0 Å². The molecule has 0 atom stereocenters. The summed E-state index contributed by atoms with van der Waals surface area (Å²) in [4.78, 5) is 4.59. The van der Waals surface area contributed by atoms with Crippen LogP contribution >= 0.6 is 48.0 Å². The van der Waals surface area contributed by atoms with Crippen LogP contribution in [-0.4, -0.2) is 56.1 Å². The lowest BCUT2D eigenvalue weighted by atomic mass is 9.70. The zero-order chi connectivity index (χ0) is 33.8. The van der Waals surface area contributed by atoms with Crippen LogP contribution in [0.4, 0.5) is 0 Å². The molecule has 0 N–H and O–H groups in total. The van der Waals surface area contributed by atoms with Gasteiger partial charge in [0.1, 0.15) is 8.64 Å². The van der Waals surface area contributed by atoms with Crippen LogP contribution in [0, 0.1) is 13.8 Å². The number of nitrogens with zero attached hydrogens (tertiary/aromatic N) is 2. The Labute approximate surface area is 298 Å². The maximum Gasteiger partial charge on any atom is 0.136 e. The van der Waals surface area contributed by atoms with Crippen LogP contribution in [-0.2, 0) is 5.41 Å². The SMILES string of the molecule is CC.CC.CCN(CC)C(=S)SCCCCCC1(CCCCCSC(=S)N(CC)CC)c2cc(C)ccc2-c2ccc(C)cc21. The molecule has 3 rings (SSSR count). The largest absolute Gasteiger partial charge is 0.358 e. The van der Waals surface area contributed by atoms with Crippen molar-refractivity contribution >= 4 is 56.6 Å². The summed E-state index contributed by atoms with van der Waals surface area (Å²) in [6, 6.07) is 14.4. The highest BCUT2D eigenvalue weighted by atomic mass is 32.2. The van der Waals surface area contributed by atoms with Gasteiger partial charge in [-0.05, 0) is 89.5 Å². The predicted octanol–water partition coefficient (Wildman–Crippen LogP) is 12.5. The molecule has 2 nitrogen and oxygen atoms in total. The molecule has 45 heavy (non-hydrogen) atoms. The van der Waals surface area contributed by atoms with Gasteiger partial charge in [0, 0.05) is 43.1 Å². The van der Waals surface area contributed by atoms with Crippen molar-refractivity contribution in [3.05, 3.63) is 58.7 Å².